The summed E-state index contributed by atoms with van der Waals surface area (Å²) in [5, 5.41) is 2.76. The van der Waals surface area contributed by atoms with Gasteiger partial charge >= 0.3 is 0 Å². The van der Waals surface area contributed by atoms with Gasteiger partial charge in [-0.2, -0.15) is 0 Å². The molecule has 0 saturated carbocycles. The number of carbonyl (C=O) groups excluding carboxylic acids is 1. The fourth-order valence-corrected chi connectivity index (χ4v) is 1.90. The maximum Gasteiger partial charge on any atom is 0.274 e. The molecule has 4 N–H and O–H groups in total. The molecule has 0 aliphatic heterocycles. The maximum atomic E-state index is 12.1. The lowest BCUT2D eigenvalue weighted by Gasteiger charge is -2.09. The largest absolute Gasteiger partial charge is 0.497 e. The van der Waals surface area contributed by atoms with Crippen LogP contribution in [0.25, 0.3) is 0 Å². The van der Waals surface area contributed by atoms with Gasteiger partial charge < -0.3 is 15.5 Å². The number of nitrogens with two attached hydrogens (primary N) is 1. The molecule has 2 aromatic rings. The number of hydrogen-bond acceptors (Lipinski definition) is 5. The number of nitrogens with one attached hydrogen (secondary N) is 2. The standard InChI is InChI=1S/C13H13BrN4O2/c1-20-9-2-3-10(14)11(7-9)17-13(19)12-6-8(18-15)4-5-16-12/h2-7H,15H2,1H3,(H,16,18)(H,17,19). The molecule has 0 saturated heterocycles. The Bertz CT molecular complexity index is 634. The average molecular weight is 337 g/mol. The van der Waals surface area contributed by atoms with E-state index in [0.717, 1.165) is 4.47 Å². The van der Waals surface area contributed by atoms with Crippen LogP contribution < -0.4 is 21.3 Å². The van der Waals surface area contributed by atoms with Crippen LogP contribution in [0.1, 0.15) is 10.5 Å². The summed E-state index contributed by atoms with van der Waals surface area (Å²) in [5.41, 5.74) is 3.93. The second-order valence-corrected chi connectivity index (χ2v) is 4.73. The number of carbonyl (C=O) groups is 1. The lowest BCUT2D eigenvalue weighted by molar-refractivity contribution is 0.102. The molecule has 104 valence electrons. The Kier molecular flexibility index (Phi) is 4.54. The molecule has 0 radical (unpaired) electrons. The second kappa shape index (κ2) is 6.36. The number of anilines is 2. The highest BCUT2D eigenvalue weighted by molar-refractivity contribution is 9.10. The zero-order valence-electron chi connectivity index (χ0n) is 10.7. The Labute approximate surface area is 124 Å². The van der Waals surface area contributed by atoms with Crippen LogP contribution in [0.3, 0.4) is 0 Å². The number of hydrogen-bond donors (Lipinski definition) is 3. The van der Waals surface area contributed by atoms with Crippen LogP contribution >= 0.6 is 15.9 Å². The number of hydrazine groups is 1. The highest BCUT2D eigenvalue weighted by Crippen LogP contribution is 2.27. The minimum atomic E-state index is -0.337. The molecule has 6 nitrogen and oxygen atoms in total. The van der Waals surface area contributed by atoms with Crippen LogP contribution in [0.4, 0.5) is 11.4 Å². The predicted molar refractivity (Wildman–Crippen MR) is 80.7 cm³/mol. The second-order valence-electron chi connectivity index (χ2n) is 3.87. The van der Waals surface area contributed by atoms with E-state index < -0.39 is 0 Å². The van der Waals surface area contributed by atoms with Crippen LogP contribution in [-0.4, -0.2) is 18.0 Å². The molecule has 7 heteroatoms. The number of rotatable bonds is 4. The number of nitrogen functional groups attached to an aromatic ring is 1. The number of pyridine rings is 1. The Morgan fingerprint density at radius 3 is 2.85 bits per heavy atom. The minimum absolute atomic E-state index is 0.259. The SMILES string of the molecule is COc1ccc(Br)c(NC(=O)c2cc(NN)ccn2)c1. The summed E-state index contributed by atoms with van der Waals surface area (Å²) in [6, 6.07) is 8.52. The van der Waals surface area contributed by atoms with E-state index in [1.165, 1.54) is 6.20 Å². The Hall–Kier alpha value is -2.12. The van der Waals surface area contributed by atoms with Gasteiger partial charge in [-0.15, -0.1) is 0 Å². The monoisotopic (exact) mass is 336 g/mol. The molecule has 0 aliphatic carbocycles. The van der Waals surface area contributed by atoms with Gasteiger partial charge in [0.05, 0.1) is 18.5 Å². The molecule has 0 fully saturated rings. The van der Waals surface area contributed by atoms with E-state index in [9.17, 15) is 4.79 Å². The molecule has 0 unspecified atom stereocenters. The van der Waals surface area contributed by atoms with E-state index in [1.54, 1.807) is 37.4 Å². The molecular formula is C13H13BrN4O2. The average Bonchev–Trinajstić information content (AvgIpc) is 2.49. The van der Waals surface area contributed by atoms with Gasteiger partial charge in [-0.3, -0.25) is 15.6 Å². The number of halogens is 1. The molecule has 0 aliphatic rings. The molecule has 0 bridgehead atoms. The van der Waals surface area contributed by atoms with Gasteiger partial charge in [-0.25, -0.2) is 0 Å². The summed E-state index contributed by atoms with van der Waals surface area (Å²) in [5.74, 6) is 5.61. The van der Waals surface area contributed by atoms with Gasteiger partial charge in [-0.1, -0.05) is 0 Å². The van der Waals surface area contributed by atoms with Crippen molar-refractivity contribution in [2.45, 2.75) is 0 Å². The summed E-state index contributed by atoms with van der Waals surface area (Å²) in [7, 11) is 1.56. The zero-order chi connectivity index (χ0) is 14.5. The highest BCUT2D eigenvalue weighted by atomic mass is 79.9. The first-order valence-electron chi connectivity index (χ1n) is 5.71. The summed E-state index contributed by atoms with van der Waals surface area (Å²) in [4.78, 5) is 16.1. The van der Waals surface area contributed by atoms with Gasteiger partial charge in [0.15, 0.2) is 0 Å². The fraction of sp³-hybridized carbons (Fsp3) is 0.0769. The fourth-order valence-electron chi connectivity index (χ4n) is 1.56. The Morgan fingerprint density at radius 1 is 1.35 bits per heavy atom. The number of nitrogens with zero attached hydrogens (tertiary/aromatic N) is 1. The third-order valence-electron chi connectivity index (χ3n) is 2.58. The van der Waals surface area contributed by atoms with Gasteiger partial charge in [0.25, 0.3) is 5.91 Å². The molecule has 1 amide bonds. The highest BCUT2D eigenvalue weighted by Gasteiger charge is 2.11. The van der Waals surface area contributed by atoms with Crippen molar-refractivity contribution in [1.82, 2.24) is 4.98 Å². The number of ether oxygens (including phenoxy) is 1. The van der Waals surface area contributed by atoms with Gasteiger partial charge in [0, 0.05) is 16.7 Å². The van der Waals surface area contributed by atoms with E-state index in [-0.39, 0.29) is 11.6 Å². The maximum absolute atomic E-state index is 12.1. The lowest BCUT2D eigenvalue weighted by atomic mass is 10.2. The van der Waals surface area contributed by atoms with Crippen molar-refractivity contribution in [2.24, 2.45) is 5.84 Å². The summed E-state index contributed by atoms with van der Waals surface area (Å²) in [6.07, 6.45) is 1.50. The number of amides is 1. The van der Waals surface area contributed by atoms with Crippen molar-refractivity contribution in [1.29, 1.82) is 0 Å². The smallest absolute Gasteiger partial charge is 0.274 e. The number of benzene rings is 1. The molecule has 20 heavy (non-hydrogen) atoms. The summed E-state index contributed by atoms with van der Waals surface area (Å²) < 4.78 is 5.87. The van der Waals surface area contributed by atoms with E-state index >= 15 is 0 Å². The molecular weight excluding hydrogens is 324 g/mol. The Morgan fingerprint density at radius 2 is 2.15 bits per heavy atom. The van der Waals surface area contributed by atoms with Crippen LogP contribution in [0.15, 0.2) is 41.0 Å². The van der Waals surface area contributed by atoms with Crippen LogP contribution in [0, 0.1) is 0 Å². The van der Waals surface area contributed by atoms with Crippen LogP contribution in [0.2, 0.25) is 0 Å². The Balaban J connectivity index is 2.22. The van der Waals surface area contributed by atoms with E-state index in [1.807, 2.05) is 0 Å². The third-order valence-corrected chi connectivity index (χ3v) is 3.27. The van der Waals surface area contributed by atoms with E-state index in [4.69, 9.17) is 10.6 Å². The normalized spacial score (nSPS) is 9.95. The zero-order valence-corrected chi connectivity index (χ0v) is 12.3. The van der Waals surface area contributed by atoms with E-state index in [2.05, 4.69) is 31.7 Å². The number of aromatic nitrogens is 1. The van der Waals surface area contributed by atoms with Gasteiger partial charge in [-0.05, 0) is 40.2 Å². The first kappa shape index (κ1) is 14.3. The summed E-state index contributed by atoms with van der Waals surface area (Å²) in [6.45, 7) is 0. The van der Waals surface area contributed by atoms with Crippen molar-refractivity contribution in [3.05, 3.63) is 46.7 Å². The number of methoxy groups -OCH3 is 1. The van der Waals surface area contributed by atoms with Crippen molar-refractivity contribution < 1.29 is 9.53 Å². The molecule has 2 rings (SSSR count). The quantitative estimate of drug-likeness (QED) is 0.589. The molecule has 0 atom stereocenters. The first-order chi connectivity index (χ1) is 9.63. The van der Waals surface area contributed by atoms with Crippen molar-refractivity contribution in [3.8, 4) is 5.75 Å². The molecule has 1 aromatic carbocycles. The van der Waals surface area contributed by atoms with Gasteiger partial charge in [0.2, 0.25) is 0 Å². The van der Waals surface area contributed by atoms with Crippen molar-refractivity contribution >= 4 is 33.2 Å². The first-order valence-corrected chi connectivity index (χ1v) is 6.51. The lowest BCUT2D eigenvalue weighted by Crippen LogP contribution is -2.15. The van der Waals surface area contributed by atoms with Gasteiger partial charge in [0.1, 0.15) is 11.4 Å². The molecule has 1 aromatic heterocycles. The predicted octanol–water partition coefficient (Wildman–Crippen LogP) is 2.39. The molecule has 0 spiro atoms. The van der Waals surface area contributed by atoms with Crippen molar-refractivity contribution in [2.75, 3.05) is 17.9 Å². The molecule has 1 heterocycles. The van der Waals surface area contributed by atoms with Crippen molar-refractivity contribution in [3.63, 3.8) is 0 Å². The minimum Gasteiger partial charge on any atom is -0.497 e. The third kappa shape index (κ3) is 3.25. The summed E-state index contributed by atoms with van der Waals surface area (Å²) >= 11 is 3.37. The van der Waals surface area contributed by atoms with Crippen LogP contribution in [-0.2, 0) is 0 Å². The van der Waals surface area contributed by atoms with Crippen LogP contribution in [0.5, 0.6) is 5.75 Å². The van der Waals surface area contributed by atoms with E-state index in [0.29, 0.717) is 17.1 Å². The topological polar surface area (TPSA) is 89.3 Å².